The Kier molecular flexibility index (Phi) is 5.19. The molecule has 0 unspecified atom stereocenters. The molecule has 3 rings (SSSR count). The first-order valence-corrected chi connectivity index (χ1v) is 9.05. The first-order chi connectivity index (χ1) is 12.2. The largest absolute Gasteiger partial charge is 0.494 e. The zero-order valence-electron chi connectivity index (χ0n) is 14.5. The molecule has 25 heavy (non-hydrogen) atoms. The van der Waals surface area contributed by atoms with Crippen LogP contribution in [0.5, 0.6) is 11.5 Å². The number of hydrogen-bond acceptors (Lipinski definition) is 5. The summed E-state index contributed by atoms with van der Waals surface area (Å²) in [6.45, 7) is 7.09. The SMILES string of the molecule is CCOc1cc(-c2csc(-n3cccc3C=O)n2)c(OCC)cc1C. The molecule has 0 amide bonds. The van der Waals surface area contributed by atoms with E-state index in [9.17, 15) is 4.79 Å². The van der Waals surface area contributed by atoms with Crippen LogP contribution in [0.3, 0.4) is 0 Å². The molecule has 0 bridgehead atoms. The molecule has 0 aliphatic carbocycles. The number of rotatable bonds is 7. The van der Waals surface area contributed by atoms with Gasteiger partial charge in [-0.15, -0.1) is 11.3 Å². The number of ether oxygens (including phenoxy) is 2. The van der Waals surface area contributed by atoms with Crippen molar-refractivity contribution in [3.63, 3.8) is 0 Å². The second kappa shape index (κ2) is 7.53. The molecule has 5 nitrogen and oxygen atoms in total. The predicted octanol–water partition coefficient (Wildman–Crippen LogP) is 4.52. The van der Waals surface area contributed by atoms with E-state index < -0.39 is 0 Å². The molecule has 0 radical (unpaired) electrons. The highest BCUT2D eigenvalue weighted by atomic mass is 32.1. The molecule has 0 fully saturated rings. The molecule has 0 N–H and O–H groups in total. The number of nitrogens with zero attached hydrogens (tertiary/aromatic N) is 2. The van der Waals surface area contributed by atoms with Crippen LogP contribution in [0.15, 0.2) is 35.8 Å². The maximum absolute atomic E-state index is 11.2. The number of thiazole rings is 1. The van der Waals surface area contributed by atoms with E-state index >= 15 is 0 Å². The number of benzene rings is 1. The van der Waals surface area contributed by atoms with Crippen LogP contribution in [0.2, 0.25) is 0 Å². The van der Waals surface area contributed by atoms with Crippen molar-refractivity contribution in [1.29, 1.82) is 0 Å². The molecular formula is C19H20N2O3S. The first-order valence-electron chi connectivity index (χ1n) is 8.17. The maximum Gasteiger partial charge on any atom is 0.194 e. The molecule has 6 heteroatoms. The van der Waals surface area contributed by atoms with Crippen LogP contribution in [-0.4, -0.2) is 29.1 Å². The lowest BCUT2D eigenvalue weighted by molar-refractivity contribution is 0.111. The van der Waals surface area contributed by atoms with Crippen LogP contribution in [0, 0.1) is 6.92 Å². The van der Waals surface area contributed by atoms with Gasteiger partial charge in [-0.1, -0.05) is 0 Å². The van der Waals surface area contributed by atoms with Crippen molar-refractivity contribution in [2.24, 2.45) is 0 Å². The monoisotopic (exact) mass is 356 g/mol. The van der Waals surface area contributed by atoms with E-state index in [0.29, 0.717) is 18.9 Å². The Hall–Kier alpha value is -2.60. The lowest BCUT2D eigenvalue weighted by atomic mass is 10.1. The number of carbonyl (C=O) groups excluding carboxylic acids is 1. The Morgan fingerprint density at radius 2 is 1.96 bits per heavy atom. The molecule has 0 aliphatic rings. The zero-order valence-corrected chi connectivity index (χ0v) is 15.3. The summed E-state index contributed by atoms with van der Waals surface area (Å²) in [4.78, 5) is 15.8. The summed E-state index contributed by atoms with van der Waals surface area (Å²) in [7, 11) is 0. The molecule has 0 aliphatic heterocycles. The van der Waals surface area contributed by atoms with Crippen molar-refractivity contribution in [2.45, 2.75) is 20.8 Å². The summed E-state index contributed by atoms with van der Waals surface area (Å²) in [6, 6.07) is 7.54. The van der Waals surface area contributed by atoms with Gasteiger partial charge in [0.05, 0.1) is 24.6 Å². The van der Waals surface area contributed by atoms with E-state index in [0.717, 1.165) is 39.7 Å². The minimum Gasteiger partial charge on any atom is -0.494 e. The van der Waals surface area contributed by atoms with Gasteiger partial charge in [0.2, 0.25) is 0 Å². The minimum absolute atomic E-state index is 0.574. The molecule has 130 valence electrons. The minimum atomic E-state index is 0.574. The summed E-state index contributed by atoms with van der Waals surface area (Å²) in [5.74, 6) is 1.61. The van der Waals surface area contributed by atoms with Crippen LogP contribution in [0.4, 0.5) is 0 Å². The van der Waals surface area contributed by atoms with E-state index in [4.69, 9.17) is 14.5 Å². The molecule has 0 saturated carbocycles. The number of hydrogen-bond donors (Lipinski definition) is 0. The molecule has 3 aromatic rings. The summed E-state index contributed by atoms with van der Waals surface area (Å²) >= 11 is 1.48. The van der Waals surface area contributed by atoms with Crippen LogP contribution in [-0.2, 0) is 0 Å². The lowest BCUT2D eigenvalue weighted by Gasteiger charge is -2.14. The van der Waals surface area contributed by atoms with Crippen LogP contribution in [0.25, 0.3) is 16.4 Å². The van der Waals surface area contributed by atoms with Crippen molar-refractivity contribution >= 4 is 17.6 Å². The Bertz CT molecular complexity index is 883. The van der Waals surface area contributed by atoms with Crippen LogP contribution >= 0.6 is 11.3 Å². The van der Waals surface area contributed by atoms with Crippen molar-refractivity contribution < 1.29 is 14.3 Å². The van der Waals surface area contributed by atoms with Crippen molar-refractivity contribution in [3.05, 3.63) is 47.1 Å². The van der Waals surface area contributed by atoms with Gasteiger partial charge in [-0.25, -0.2) is 4.98 Å². The Labute approximate surface area is 150 Å². The average molecular weight is 356 g/mol. The van der Waals surface area contributed by atoms with Crippen molar-refractivity contribution in [1.82, 2.24) is 9.55 Å². The van der Waals surface area contributed by atoms with Gasteiger partial charge >= 0.3 is 0 Å². The summed E-state index contributed by atoms with van der Waals surface area (Å²) in [5.41, 5.74) is 3.29. The Morgan fingerprint density at radius 1 is 1.20 bits per heavy atom. The van der Waals surface area contributed by atoms with Crippen LogP contribution < -0.4 is 9.47 Å². The zero-order chi connectivity index (χ0) is 17.8. The fourth-order valence-electron chi connectivity index (χ4n) is 2.61. The quantitative estimate of drug-likeness (QED) is 0.584. The van der Waals surface area contributed by atoms with E-state index in [2.05, 4.69) is 0 Å². The molecule has 0 saturated heterocycles. The van der Waals surface area contributed by atoms with Gasteiger partial charge < -0.3 is 9.47 Å². The molecule has 1 aromatic carbocycles. The van der Waals surface area contributed by atoms with Gasteiger partial charge in [-0.05, 0) is 50.6 Å². The Balaban J connectivity index is 2.06. The Morgan fingerprint density at radius 3 is 2.68 bits per heavy atom. The van der Waals surface area contributed by atoms with Gasteiger partial charge in [0.15, 0.2) is 11.4 Å². The molecule has 2 aromatic heterocycles. The summed E-state index contributed by atoms with van der Waals surface area (Å²) < 4.78 is 13.3. The van der Waals surface area contributed by atoms with Crippen molar-refractivity contribution in [2.75, 3.05) is 13.2 Å². The first kappa shape index (κ1) is 17.2. The molecular weight excluding hydrogens is 336 g/mol. The third kappa shape index (κ3) is 3.44. The van der Waals surface area contributed by atoms with Crippen molar-refractivity contribution in [3.8, 4) is 27.9 Å². The third-order valence-electron chi connectivity index (χ3n) is 3.75. The van der Waals surface area contributed by atoms with E-state index in [-0.39, 0.29) is 0 Å². The molecule has 0 atom stereocenters. The van der Waals surface area contributed by atoms with Gasteiger partial charge in [-0.2, -0.15) is 0 Å². The number of aldehydes is 1. The van der Waals surface area contributed by atoms with E-state index in [1.807, 2.05) is 50.5 Å². The highest BCUT2D eigenvalue weighted by molar-refractivity contribution is 7.12. The topological polar surface area (TPSA) is 53.4 Å². The normalized spacial score (nSPS) is 10.7. The van der Waals surface area contributed by atoms with E-state index in [1.54, 1.807) is 10.6 Å². The highest BCUT2D eigenvalue weighted by Gasteiger charge is 2.15. The number of aromatic nitrogens is 2. The summed E-state index contributed by atoms with van der Waals surface area (Å²) in [6.07, 6.45) is 2.66. The van der Waals surface area contributed by atoms with Gasteiger partial charge in [0, 0.05) is 17.1 Å². The maximum atomic E-state index is 11.2. The molecule has 0 spiro atoms. The number of aryl methyl sites for hydroxylation is 1. The standard InChI is InChI=1S/C19H20N2O3S/c1-4-23-17-10-15(18(24-5-2)9-13(17)3)16-12-25-19(20-16)21-8-6-7-14(21)11-22/h6-12H,4-5H2,1-3H3. The van der Waals surface area contributed by atoms with E-state index in [1.165, 1.54) is 11.3 Å². The van der Waals surface area contributed by atoms with Gasteiger partial charge in [0.25, 0.3) is 0 Å². The second-order valence-electron chi connectivity index (χ2n) is 5.42. The smallest absolute Gasteiger partial charge is 0.194 e. The summed E-state index contributed by atoms with van der Waals surface area (Å²) in [5, 5.41) is 2.70. The van der Waals surface area contributed by atoms with Gasteiger partial charge in [-0.3, -0.25) is 9.36 Å². The number of carbonyl (C=O) groups is 1. The average Bonchev–Trinajstić information content (AvgIpc) is 3.25. The fourth-order valence-corrected chi connectivity index (χ4v) is 3.44. The molecule has 2 heterocycles. The second-order valence-corrected chi connectivity index (χ2v) is 6.25. The van der Waals surface area contributed by atoms with Gasteiger partial charge in [0.1, 0.15) is 11.5 Å². The highest BCUT2D eigenvalue weighted by Crippen LogP contribution is 2.37. The lowest BCUT2D eigenvalue weighted by Crippen LogP contribution is -2.00. The van der Waals surface area contributed by atoms with Crippen LogP contribution in [0.1, 0.15) is 29.9 Å². The fraction of sp³-hybridized carbons (Fsp3) is 0.263. The third-order valence-corrected chi connectivity index (χ3v) is 4.59. The predicted molar refractivity (Wildman–Crippen MR) is 99.3 cm³/mol.